The zero-order chi connectivity index (χ0) is 25.9. The number of nitrogens with zero attached hydrogens (tertiary/aromatic N) is 3. The summed E-state index contributed by atoms with van der Waals surface area (Å²) in [5, 5.41) is 3.11. The molecule has 1 aromatic carbocycles. The third-order valence-corrected chi connectivity index (χ3v) is 7.26. The molecule has 0 bridgehead atoms. The van der Waals surface area contributed by atoms with Gasteiger partial charge in [0, 0.05) is 30.2 Å². The van der Waals surface area contributed by atoms with Crippen molar-refractivity contribution in [3.05, 3.63) is 58.9 Å². The molecule has 0 saturated heterocycles. The maximum absolute atomic E-state index is 14.1. The van der Waals surface area contributed by atoms with E-state index in [4.69, 9.17) is 20.9 Å². The van der Waals surface area contributed by atoms with Crippen LogP contribution in [0.3, 0.4) is 0 Å². The minimum atomic E-state index is -1.07. The van der Waals surface area contributed by atoms with Gasteiger partial charge in [-0.05, 0) is 54.2 Å². The number of hydrogen-bond donors (Lipinski definition) is 3. The highest BCUT2D eigenvalue weighted by molar-refractivity contribution is 7.09. The Bertz CT molecular complexity index is 1320. The third kappa shape index (κ3) is 4.92. The number of nitrogens with two attached hydrogens (primary N) is 2. The standard InChI is InChI=1S/C25H26N6O5S/c26-19-20(23(27)32)30-37-22(19)25(34)31(16-5-6-17-18(13-16)36-12-11-35-17)21(14-7-9-28-10-8-14)24(33)29-15-3-1-2-4-15/h5-10,13,15,21H,1-4,11-12,26H2,(H2,27,32)(H,29,33)/t21-/m0/s1. The van der Waals surface area contributed by atoms with Crippen molar-refractivity contribution < 1.29 is 23.9 Å². The first-order valence-corrected chi connectivity index (χ1v) is 12.7. The molecule has 3 heterocycles. The third-order valence-electron chi connectivity index (χ3n) is 6.41. The predicted octanol–water partition coefficient (Wildman–Crippen LogP) is 2.44. The van der Waals surface area contributed by atoms with E-state index in [0.717, 1.165) is 37.2 Å². The van der Waals surface area contributed by atoms with E-state index in [2.05, 4.69) is 14.7 Å². The van der Waals surface area contributed by atoms with Crippen molar-refractivity contribution >= 4 is 40.6 Å². The number of aromatic nitrogens is 2. The van der Waals surface area contributed by atoms with Crippen LogP contribution in [0.1, 0.15) is 57.4 Å². The van der Waals surface area contributed by atoms with E-state index in [0.29, 0.717) is 36.0 Å². The summed E-state index contributed by atoms with van der Waals surface area (Å²) in [6, 6.07) is 7.32. The Kier molecular flexibility index (Phi) is 6.91. The van der Waals surface area contributed by atoms with Gasteiger partial charge in [-0.1, -0.05) is 12.8 Å². The number of rotatable bonds is 7. The molecule has 1 aliphatic heterocycles. The van der Waals surface area contributed by atoms with Crippen LogP contribution >= 0.6 is 11.5 Å². The molecule has 2 aliphatic rings. The highest BCUT2D eigenvalue weighted by Crippen LogP contribution is 2.39. The first-order valence-electron chi connectivity index (χ1n) is 11.9. The fourth-order valence-corrected chi connectivity index (χ4v) is 5.36. The molecule has 5 rings (SSSR count). The lowest BCUT2D eigenvalue weighted by Crippen LogP contribution is -2.46. The van der Waals surface area contributed by atoms with Crippen molar-refractivity contribution in [2.24, 2.45) is 5.73 Å². The van der Waals surface area contributed by atoms with E-state index < -0.39 is 17.9 Å². The van der Waals surface area contributed by atoms with E-state index in [-0.39, 0.29) is 28.2 Å². The van der Waals surface area contributed by atoms with Crippen LogP contribution in [0.4, 0.5) is 11.4 Å². The van der Waals surface area contributed by atoms with Gasteiger partial charge in [0.2, 0.25) is 5.91 Å². The SMILES string of the molecule is NC(=O)c1nsc(C(=O)N(c2ccc3c(c2)OCCO3)[C@H](C(=O)NC2CCCC2)c2ccncc2)c1N. The van der Waals surface area contributed by atoms with E-state index in [1.807, 2.05) is 0 Å². The molecule has 0 radical (unpaired) electrons. The molecule has 1 atom stereocenters. The number of hydrogen-bond acceptors (Lipinski definition) is 9. The summed E-state index contributed by atoms with van der Waals surface area (Å²) in [6.45, 7) is 0.760. The van der Waals surface area contributed by atoms with Crippen molar-refractivity contribution in [1.82, 2.24) is 14.7 Å². The molecule has 0 spiro atoms. The van der Waals surface area contributed by atoms with Gasteiger partial charge < -0.3 is 26.3 Å². The Labute approximate surface area is 216 Å². The number of primary amides is 1. The summed E-state index contributed by atoms with van der Waals surface area (Å²) < 4.78 is 15.4. The molecular formula is C25H26N6O5S. The van der Waals surface area contributed by atoms with Crippen LogP contribution in [0.5, 0.6) is 11.5 Å². The number of carbonyl (C=O) groups is 3. The van der Waals surface area contributed by atoms with Crippen molar-refractivity contribution in [3.8, 4) is 11.5 Å². The molecule has 2 aromatic heterocycles. The number of benzene rings is 1. The largest absolute Gasteiger partial charge is 0.486 e. The van der Waals surface area contributed by atoms with Gasteiger partial charge in [0.25, 0.3) is 11.8 Å². The number of anilines is 2. The Hall–Kier alpha value is -4.19. The molecule has 192 valence electrons. The molecule has 11 nitrogen and oxygen atoms in total. The molecule has 0 unspecified atom stereocenters. The maximum atomic E-state index is 14.1. The Morgan fingerprint density at radius 3 is 2.43 bits per heavy atom. The smallest absolute Gasteiger partial charge is 0.273 e. The number of ether oxygens (including phenoxy) is 2. The summed E-state index contributed by atoms with van der Waals surface area (Å²) in [5.74, 6) is -0.821. The number of fused-ring (bicyclic) bond motifs is 1. The fourth-order valence-electron chi connectivity index (χ4n) is 4.62. The number of nitrogens with one attached hydrogen (secondary N) is 1. The van der Waals surface area contributed by atoms with Crippen LogP contribution in [0.25, 0.3) is 0 Å². The van der Waals surface area contributed by atoms with Crippen LogP contribution < -0.4 is 31.2 Å². The molecule has 37 heavy (non-hydrogen) atoms. The minimum Gasteiger partial charge on any atom is -0.486 e. The molecule has 1 saturated carbocycles. The second-order valence-electron chi connectivity index (χ2n) is 8.81. The summed E-state index contributed by atoms with van der Waals surface area (Å²) in [6.07, 6.45) is 6.92. The summed E-state index contributed by atoms with van der Waals surface area (Å²) in [7, 11) is 0. The van der Waals surface area contributed by atoms with Crippen LogP contribution in [0, 0.1) is 0 Å². The van der Waals surface area contributed by atoms with Gasteiger partial charge >= 0.3 is 0 Å². The minimum absolute atomic E-state index is 0.00332. The van der Waals surface area contributed by atoms with Gasteiger partial charge in [0.05, 0.1) is 5.69 Å². The molecule has 1 fully saturated rings. The normalized spacial score (nSPS) is 15.7. The molecule has 12 heteroatoms. The topological polar surface area (TPSA) is 163 Å². The molecule has 1 aliphatic carbocycles. The van der Waals surface area contributed by atoms with E-state index in [1.165, 1.54) is 4.90 Å². The second kappa shape index (κ2) is 10.4. The summed E-state index contributed by atoms with van der Waals surface area (Å²) in [4.78, 5) is 45.1. The van der Waals surface area contributed by atoms with Gasteiger partial charge in [-0.3, -0.25) is 24.3 Å². The highest BCUT2D eigenvalue weighted by atomic mass is 32.1. The first-order chi connectivity index (χ1) is 17.9. The summed E-state index contributed by atoms with van der Waals surface area (Å²) in [5.41, 5.74) is 12.1. The van der Waals surface area contributed by atoms with Gasteiger partial charge in [0.1, 0.15) is 24.1 Å². The highest BCUT2D eigenvalue weighted by Gasteiger charge is 2.37. The van der Waals surface area contributed by atoms with Crippen LogP contribution in [-0.4, -0.2) is 46.3 Å². The summed E-state index contributed by atoms with van der Waals surface area (Å²) >= 11 is 0.755. The fraction of sp³-hybridized carbons (Fsp3) is 0.320. The van der Waals surface area contributed by atoms with E-state index in [9.17, 15) is 14.4 Å². The van der Waals surface area contributed by atoms with Gasteiger partial charge in [-0.2, -0.15) is 4.37 Å². The van der Waals surface area contributed by atoms with Gasteiger partial charge in [0.15, 0.2) is 17.2 Å². The van der Waals surface area contributed by atoms with Crippen LogP contribution in [-0.2, 0) is 4.79 Å². The molecule has 5 N–H and O–H groups in total. The number of carbonyl (C=O) groups excluding carboxylic acids is 3. The van der Waals surface area contributed by atoms with E-state index >= 15 is 0 Å². The average molecular weight is 523 g/mol. The number of pyridine rings is 1. The van der Waals surface area contributed by atoms with Crippen molar-refractivity contribution in [3.63, 3.8) is 0 Å². The monoisotopic (exact) mass is 522 g/mol. The Balaban J connectivity index is 1.63. The molecule has 3 aromatic rings. The molecule has 3 amide bonds. The lowest BCUT2D eigenvalue weighted by Gasteiger charge is -2.32. The second-order valence-corrected chi connectivity index (χ2v) is 9.59. The first kappa shape index (κ1) is 24.5. The Morgan fingerprint density at radius 1 is 1.05 bits per heavy atom. The molecular weight excluding hydrogens is 496 g/mol. The van der Waals surface area contributed by atoms with Gasteiger partial charge in [-0.25, -0.2) is 0 Å². The van der Waals surface area contributed by atoms with Crippen molar-refractivity contribution in [2.75, 3.05) is 23.8 Å². The predicted molar refractivity (Wildman–Crippen MR) is 137 cm³/mol. The lowest BCUT2D eigenvalue weighted by atomic mass is 10.0. The van der Waals surface area contributed by atoms with Crippen LogP contribution in [0.15, 0.2) is 42.7 Å². The average Bonchev–Trinajstić information content (AvgIpc) is 3.56. The van der Waals surface area contributed by atoms with E-state index in [1.54, 1.807) is 42.7 Å². The number of nitrogen functional groups attached to an aromatic ring is 1. The van der Waals surface area contributed by atoms with Crippen molar-refractivity contribution in [1.29, 1.82) is 0 Å². The van der Waals surface area contributed by atoms with Crippen molar-refractivity contribution in [2.45, 2.75) is 37.8 Å². The maximum Gasteiger partial charge on any atom is 0.273 e. The zero-order valence-electron chi connectivity index (χ0n) is 19.9. The quantitative estimate of drug-likeness (QED) is 0.426. The zero-order valence-corrected chi connectivity index (χ0v) is 20.7. The van der Waals surface area contributed by atoms with Gasteiger partial charge in [-0.15, -0.1) is 0 Å². The number of amides is 3. The Morgan fingerprint density at radius 2 is 1.76 bits per heavy atom. The van der Waals surface area contributed by atoms with Crippen LogP contribution in [0.2, 0.25) is 0 Å². The lowest BCUT2D eigenvalue weighted by molar-refractivity contribution is -0.123.